The van der Waals surface area contributed by atoms with E-state index in [0.29, 0.717) is 5.41 Å². The van der Waals surface area contributed by atoms with Crippen LogP contribution in [0.25, 0.3) is 0 Å². The molecular formula is C17H26N2O. The summed E-state index contributed by atoms with van der Waals surface area (Å²) in [5.41, 5.74) is 3.16. The molecule has 1 aliphatic rings. The molecule has 3 heteroatoms. The molecule has 1 amide bonds. The maximum atomic E-state index is 12.4. The molecule has 1 aromatic rings. The average molecular weight is 274 g/mol. The number of carbonyl (C=O) groups excluding carboxylic acids is 1. The Labute approximate surface area is 122 Å². The third kappa shape index (κ3) is 3.14. The molecular weight excluding hydrogens is 248 g/mol. The van der Waals surface area contributed by atoms with Gasteiger partial charge in [0.2, 0.25) is 0 Å². The predicted octanol–water partition coefficient (Wildman–Crippen LogP) is 3.74. The van der Waals surface area contributed by atoms with Crippen molar-refractivity contribution < 1.29 is 4.79 Å². The number of anilines is 1. The number of carbonyl (C=O) groups is 1. The van der Waals surface area contributed by atoms with Gasteiger partial charge in [0.05, 0.1) is 5.56 Å². The number of amides is 1. The van der Waals surface area contributed by atoms with E-state index in [4.69, 9.17) is 0 Å². The lowest BCUT2D eigenvalue weighted by Gasteiger charge is -2.41. The van der Waals surface area contributed by atoms with Crippen LogP contribution >= 0.6 is 0 Å². The summed E-state index contributed by atoms with van der Waals surface area (Å²) in [6, 6.07) is 5.99. The van der Waals surface area contributed by atoms with Crippen molar-refractivity contribution >= 4 is 11.6 Å². The topological polar surface area (TPSA) is 41.1 Å². The van der Waals surface area contributed by atoms with Gasteiger partial charge in [-0.3, -0.25) is 4.79 Å². The average Bonchev–Trinajstić information content (AvgIpc) is 2.40. The van der Waals surface area contributed by atoms with E-state index in [-0.39, 0.29) is 5.91 Å². The van der Waals surface area contributed by atoms with Gasteiger partial charge >= 0.3 is 0 Å². The second-order valence-corrected chi connectivity index (χ2v) is 5.97. The zero-order chi connectivity index (χ0) is 14.6. The van der Waals surface area contributed by atoms with Crippen LogP contribution in [0.5, 0.6) is 0 Å². The molecule has 3 nitrogen and oxygen atoms in total. The SMILES string of the molecule is CCNc1ccc(C)cc1C(=O)NCC1(CC)CCC1. The van der Waals surface area contributed by atoms with Gasteiger partial charge in [-0.15, -0.1) is 0 Å². The van der Waals surface area contributed by atoms with Gasteiger partial charge in [-0.1, -0.05) is 25.0 Å². The highest BCUT2D eigenvalue weighted by atomic mass is 16.1. The van der Waals surface area contributed by atoms with Crippen molar-refractivity contribution in [2.24, 2.45) is 5.41 Å². The zero-order valence-electron chi connectivity index (χ0n) is 12.9. The Hall–Kier alpha value is -1.51. The Balaban J connectivity index is 2.06. The van der Waals surface area contributed by atoms with Crippen LogP contribution in [0.3, 0.4) is 0 Å². The van der Waals surface area contributed by atoms with E-state index in [0.717, 1.165) is 36.3 Å². The van der Waals surface area contributed by atoms with Crippen LogP contribution in [-0.2, 0) is 0 Å². The Kier molecular flexibility index (Phi) is 4.69. The predicted molar refractivity (Wildman–Crippen MR) is 84.3 cm³/mol. The molecule has 0 radical (unpaired) electrons. The monoisotopic (exact) mass is 274 g/mol. The molecule has 1 aliphatic carbocycles. The largest absolute Gasteiger partial charge is 0.385 e. The van der Waals surface area contributed by atoms with Crippen molar-refractivity contribution in [2.45, 2.75) is 46.5 Å². The quantitative estimate of drug-likeness (QED) is 0.829. The van der Waals surface area contributed by atoms with Crippen molar-refractivity contribution in [3.8, 4) is 0 Å². The number of hydrogen-bond acceptors (Lipinski definition) is 2. The normalized spacial score (nSPS) is 16.4. The standard InChI is InChI=1S/C17H26N2O/c1-4-17(9-6-10-17)12-19-16(20)14-11-13(3)7-8-15(14)18-5-2/h7-8,11,18H,4-6,9-10,12H2,1-3H3,(H,19,20). The van der Waals surface area contributed by atoms with E-state index in [2.05, 4.69) is 17.6 Å². The van der Waals surface area contributed by atoms with Crippen molar-refractivity contribution in [3.05, 3.63) is 29.3 Å². The molecule has 20 heavy (non-hydrogen) atoms. The van der Waals surface area contributed by atoms with Gasteiger partial charge < -0.3 is 10.6 Å². The summed E-state index contributed by atoms with van der Waals surface area (Å²) in [6.45, 7) is 7.92. The van der Waals surface area contributed by atoms with E-state index in [1.54, 1.807) is 0 Å². The Morgan fingerprint density at radius 3 is 2.60 bits per heavy atom. The van der Waals surface area contributed by atoms with Crippen LogP contribution in [0.15, 0.2) is 18.2 Å². The Bertz CT molecular complexity index is 472. The van der Waals surface area contributed by atoms with Crippen molar-refractivity contribution in [1.82, 2.24) is 5.32 Å². The molecule has 0 atom stereocenters. The second kappa shape index (κ2) is 6.29. The van der Waals surface area contributed by atoms with Gasteiger partial charge in [-0.2, -0.15) is 0 Å². The van der Waals surface area contributed by atoms with Crippen LogP contribution < -0.4 is 10.6 Å². The van der Waals surface area contributed by atoms with Gasteiger partial charge in [0.15, 0.2) is 0 Å². The van der Waals surface area contributed by atoms with Crippen LogP contribution in [0, 0.1) is 12.3 Å². The summed E-state index contributed by atoms with van der Waals surface area (Å²) < 4.78 is 0. The van der Waals surface area contributed by atoms with E-state index in [9.17, 15) is 4.79 Å². The fraction of sp³-hybridized carbons (Fsp3) is 0.588. The lowest BCUT2D eigenvalue weighted by Crippen LogP contribution is -2.41. The first-order chi connectivity index (χ1) is 9.60. The van der Waals surface area contributed by atoms with Gasteiger partial charge in [0.1, 0.15) is 0 Å². The third-order valence-corrected chi connectivity index (χ3v) is 4.58. The van der Waals surface area contributed by atoms with Crippen molar-refractivity contribution in [1.29, 1.82) is 0 Å². The Morgan fingerprint density at radius 1 is 1.30 bits per heavy atom. The smallest absolute Gasteiger partial charge is 0.253 e. The van der Waals surface area contributed by atoms with E-state index in [1.807, 2.05) is 32.0 Å². The number of hydrogen-bond donors (Lipinski definition) is 2. The number of aryl methyl sites for hydroxylation is 1. The molecule has 1 fully saturated rings. The maximum absolute atomic E-state index is 12.4. The first kappa shape index (κ1) is 14.9. The molecule has 0 bridgehead atoms. The van der Waals surface area contributed by atoms with Crippen LogP contribution in [0.1, 0.15) is 55.5 Å². The van der Waals surface area contributed by atoms with E-state index in [1.165, 1.54) is 19.3 Å². The number of benzene rings is 1. The van der Waals surface area contributed by atoms with Crippen LogP contribution in [-0.4, -0.2) is 19.0 Å². The van der Waals surface area contributed by atoms with Gasteiger partial charge in [-0.05, 0) is 50.7 Å². The van der Waals surface area contributed by atoms with E-state index >= 15 is 0 Å². The fourth-order valence-electron chi connectivity index (χ4n) is 2.89. The highest BCUT2D eigenvalue weighted by Gasteiger charge is 2.35. The molecule has 0 aliphatic heterocycles. The zero-order valence-corrected chi connectivity index (χ0v) is 12.9. The number of rotatable bonds is 6. The van der Waals surface area contributed by atoms with Crippen LogP contribution in [0.2, 0.25) is 0 Å². The first-order valence-corrected chi connectivity index (χ1v) is 7.73. The highest BCUT2D eigenvalue weighted by Crippen LogP contribution is 2.43. The van der Waals surface area contributed by atoms with E-state index < -0.39 is 0 Å². The molecule has 1 aromatic carbocycles. The lowest BCUT2D eigenvalue weighted by molar-refractivity contribution is 0.0850. The molecule has 110 valence electrons. The van der Waals surface area contributed by atoms with Gasteiger partial charge in [0.25, 0.3) is 5.91 Å². The first-order valence-electron chi connectivity index (χ1n) is 7.73. The molecule has 0 saturated heterocycles. The van der Waals surface area contributed by atoms with Crippen molar-refractivity contribution in [2.75, 3.05) is 18.4 Å². The highest BCUT2D eigenvalue weighted by molar-refractivity contribution is 5.99. The minimum Gasteiger partial charge on any atom is -0.385 e. The minimum atomic E-state index is 0.0457. The summed E-state index contributed by atoms with van der Waals surface area (Å²) in [6.07, 6.45) is 4.95. The summed E-state index contributed by atoms with van der Waals surface area (Å²) in [4.78, 5) is 12.4. The minimum absolute atomic E-state index is 0.0457. The fourth-order valence-corrected chi connectivity index (χ4v) is 2.89. The summed E-state index contributed by atoms with van der Waals surface area (Å²) in [7, 11) is 0. The molecule has 1 saturated carbocycles. The Morgan fingerprint density at radius 2 is 2.05 bits per heavy atom. The van der Waals surface area contributed by atoms with Gasteiger partial charge in [0, 0.05) is 18.8 Å². The summed E-state index contributed by atoms with van der Waals surface area (Å²) in [5.74, 6) is 0.0457. The maximum Gasteiger partial charge on any atom is 0.253 e. The summed E-state index contributed by atoms with van der Waals surface area (Å²) >= 11 is 0. The molecule has 2 rings (SSSR count). The molecule has 2 N–H and O–H groups in total. The summed E-state index contributed by atoms with van der Waals surface area (Å²) in [5, 5.41) is 6.40. The number of nitrogens with one attached hydrogen (secondary N) is 2. The molecule has 0 unspecified atom stereocenters. The van der Waals surface area contributed by atoms with Crippen molar-refractivity contribution in [3.63, 3.8) is 0 Å². The molecule has 0 heterocycles. The van der Waals surface area contributed by atoms with Crippen LogP contribution in [0.4, 0.5) is 5.69 Å². The second-order valence-electron chi connectivity index (χ2n) is 5.97. The van der Waals surface area contributed by atoms with Gasteiger partial charge in [-0.25, -0.2) is 0 Å². The molecule has 0 aromatic heterocycles. The third-order valence-electron chi connectivity index (χ3n) is 4.58. The lowest BCUT2D eigenvalue weighted by atomic mass is 9.67. The molecule has 0 spiro atoms.